The van der Waals surface area contributed by atoms with Gasteiger partial charge in [-0.3, -0.25) is 0 Å². The van der Waals surface area contributed by atoms with Crippen LogP contribution in [0.1, 0.15) is 23.6 Å². The SMILES string of the molecule is CC12c3c4c5c6c1c1c7c8c6c6c5c5c9c4c4c3c3c%10c%11c4c4c9c9c5c5c6c6c8c8c7c7c%12c%13c8c8c6c5c5c9c6c4c%11c4c9c6c5c8c%13c9c5c4c%10c4c(c5%12)c7c1[c+]2c34. The maximum Gasteiger partial charge on any atom is 0.0951 e. The summed E-state index contributed by atoms with van der Waals surface area (Å²) >= 11 is 0. The zero-order chi connectivity index (χ0) is 35.6. The van der Waals surface area contributed by atoms with Gasteiger partial charge in [-0.15, -0.1) is 0 Å². The lowest BCUT2D eigenvalue weighted by atomic mass is 9.65. The fraction of sp³-hybridized carbons (Fsp3) is 0.0328. The van der Waals surface area contributed by atoms with Gasteiger partial charge in [0.25, 0.3) is 0 Å². The summed E-state index contributed by atoms with van der Waals surface area (Å²) in [6.07, 6.45) is 0. The van der Waals surface area contributed by atoms with Crippen molar-refractivity contribution < 1.29 is 0 Å². The van der Waals surface area contributed by atoms with E-state index in [1.54, 1.807) is 318 Å². The molecule has 0 bridgehead atoms. The molecule has 3 aliphatic carbocycles. The first-order chi connectivity index (χ1) is 30.4. The van der Waals surface area contributed by atoms with E-state index in [1.807, 2.05) is 0 Å². The molecular weight excluding hydrogens is 733 g/mol. The molecule has 32 rings (SSSR count). The van der Waals surface area contributed by atoms with Gasteiger partial charge in [0, 0.05) is 270 Å². The Morgan fingerprint density at radius 1 is 0.164 bits per heavy atom. The van der Waals surface area contributed by atoms with E-state index in [4.69, 9.17) is 0 Å². The minimum atomic E-state index is -0.175. The third-order valence-electron chi connectivity index (χ3n) is 23.2. The quantitative estimate of drug-likeness (QED) is 0.107. The monoisotopic (exact) mass is 735 g/mol. The molecule has 0 radical (unpaired) electrons. The summed E-state index contributed by atoms with van der Waals surface area (Å²) in [6, 6.07) is 0. The fourth-order valence-corrected chi connectivity index (χ4v) is 23.2. The molecule has 29 aromatic rings. The second-order valence-corrected chi connectivity index (χ2v) is 23.2. The molecule has 3 aliphatic rings. The fourth-order valence-electron chi connectivity index (χ4n) is 23.2. The van der Waals surface area contributed by atoms with E-state index < -0.39 is 0 Å². The molecule has 0 N–H and O–H groups in total. The molecule has 0 fully saturated rings. The first kappa shape index (κ1) is 21.0. The van der Waals surface area contributed by atoms with Crippen molar-refractivity contribution in [2.24, 2.45) is 0 Å². The largest absolute Gasteiger partial charge is 0.0951 e. The Kier molecular flexibility index (Phi) is 1.55. The van der Waals surface area contributed by atoms with E-state index in [9.17, 15) is 0 Å². The van der Waals surface area contributed by atoms with Crippen molar-refractivity contribution >= 4 is 302 Å². The zero-order valence-electron chi connectivity index (χ0n) is 31.0. The van der Waals surface area contributed by atoms with Crippen LogP contribution in [-0.4, -0.2) is 0 Å². The first-order valence-electron chi connectivity index (χ1n) is 23.0. The highest BCUT2D eigenvalue weighted by atomic mass is 14.6. The molecular formula is C61H3+. The smallest absolute Gasteiger partial charge is 0.0393 e. The van der Waals surface area contributed by atoms with Crippen LogP contribution < -0.4 is 0 Å². The number of rotatable bonds is 0. The van der Waals surface area contributed by atoms with Crippen LogP contribution in [0.5, 0.6) is 0 Å². The second-order valence-electron chi connectivity index (χ2n) is 23.2. The van der Waals surface area contributed by atoms with Gasteiger partial charge in [-0.1, -0.05) is 0 Å². The number of benzene rings is 18. The van der Waals surface area contributed by atoms with Crippen molar-refractivity contribution in [1.82, 2.24) is 0 Å². The van der Waals surface area contributed by atoms with E-state index in [0.717, 1.165) is 0 Å². The summed E-state index contributed by atoms with van der Waals surface area (Å²) < 4.78 is 0. The average Bonchev–Trinajstić information content (AvgIpc) is 4.10. The van der Waals surface area contributed by atoms with Crippen molar-refractivity contribution in [3.05, 3.63) is 16.7 Å². The zero-order valence-corrected chi connectivity index (χ0v) is 31.0. The minimum absolute atomic E-state index is 0.175. The maximum atomic E-state index is 2.79. The summed E-state index contributed by atoms with van der Waals surface area (Å²) in [4.78, 5) is 0. The predicted octanol–water partition coefficient (Wildman–Crippen LogP) is 17.4. The Bertz CT molecular complexity index is 6400. The van der Waals surface area contributed by atoms with Gasteiger partial charge < -0.3 is 0 Å². The van der Waals surface area contributed by atoms with E-state index >= 15 is 0 Å². The molecule has 0 saturated carbocycles. The molecule has 0 amide bonds. The molecule has 0 heterocycles. The van der Waals surface area contributed by atoms with E-state index in [-0.39, 0.29) is 5.41 Å². The van der Waals surface area contributed by atoms with Gasteiger partial charge in [-0.25, -0.2) is 0 Å². The standard InChI is InChI=1S/C61H3/c1-61-58-54-48-34-26-18-6-3-2-4-7(6)19-21-17-11(4)13-9-5(2)8-12-10(3)16-20(18)32(34)40-38-24(16)22(12)30-28-14(8)15(9)29-31-23(13)25(17)39-41-33(21)35(27(19)26)49(48)55(58)51(41)53-45(39)43(31)47-37(29)36(28)46-42(30)44(38)52(50(40)54)59(61)56(46)57(47)60(53)61/h1H3/q+1. The molecule has 0 atom stereocenters. The molecule has 0 unspecified atom stereocenters. The number of hydrogen-bond donors (Lipinski definition) is 0. The molecule has 61 heavy (non-hydrogen) atoms. The van der Waals surface area contributed by atoms with Gasteiger partial charge in [0.15, 0.2) is 0 Å². The van der Waals surface area contributed by atoms with Crippen LogP contribution in [0.4, 0.5) is 0 Å². The van der Waals surface area contributed by atoms with Gasteiger partial charge >= 0.3 is 0 Å². The molecule has 29 aromatic carbocycles. The van der Waals surface area contributed by atoms with E-state index in [2.05, 4.69) is 6.92 Å². The van der Waals surface area contributed by atoms with Gasteiger partial charge in [0.05, 0.1) is 48.7 Å². The van der Waals surface area contributed by atoms with Crippen molar-refractivity contribution in [1.29, 1.82) is 0 Å². The van der Waals surface area contributed by atoms with Crippen molar-refractivity contribution in [2.75, 3.05) is 0 Å². The topological polar surface area (TPSA) is 0 Å². The third kappa shape index (κ3) is 1.03. The summed E-state index contributed by atoms with van der Waals surface area (Å²) in [5, 5.41) is 93.8. The van der Waals surface area contributed by atoms with Crippen LogP contribution in [0, 0.1) is 0 Å². The molecule has 0 heteroatoms. The van der Waals surface area contributed by atoms with Crippen molar-refractivity contribution in [3.8, 4) is 0 Å². The first-order valence-corrected chi connectivity index (χ1v) is 23.0. The highest BCUT2D eigenvalue weighted by Crippen LogP contribution is 2.82. The summed E-state index contributed by atoms with van der Waals surface area (Å²) in [7, 11) is 0. The van der Waals surface area contributed by atoms with Gasteiger partial charge in [0.2, 0.25) is 0 Å². The Morgan fingerprint density at radius 3 is 0.574 bits per heavy atom. The Balaban J connectivity index is 1.35. The van der Waals surface area contributed by atoms with Gasteiger partial charge in [-0.05, 0) is 12.3 Å². The normalized spacial score (nSPS) is 20.6. The minimum Gasteiger partial charge on any atom is -0.0393 e. The van der Waals surface area contributed by atoms with Gasteiger partial charge in [0.1, 0.15) is 0 Å². The Labute approximate surface area is 329 Å². The van der Waals surface area contributed by atoms with Crippen LogP contribution >= 0.6 is 0 Å². The van der Waals surface area contributed by atoms with Gasteiger partial charge in [-0.2, -0.15) is 0 Å². The van der Waals surface area contributed by atoms with Crippen LogP contribution in [0.2, 0.25) is 0 Å². The lowest BCUT2D eigenvalue weighted by Gasteiger charge is -2.32. The van der Waals surface area contributed by atoms with Crippen molar-refractivity contribution in [3.63, 3.8) is 0 Å². The van der Waals surface area contributed by atoms with Crippen LogP contribution in [0.15, 0.2) is 0 Å². The second kappa shape index (κ2) is 4.49. The van der Waals surface area contributed by atoms with Crippen LogP contribution in [-0.2, 0) is 5.41 Å². The Hall–Kier alpha value is -7.67. The average molecular weight is 736 g/mol. The summed E-state index contributed by atoms with van der Waals surface area (Å²) in [5.41, 5.74) is 5.03. The van der Waals surface area contributed by atoms with E-state index in [1.165, 1.54) is 0 Å². The lowest BCUT2D eigenvalue weighted by Crippen LogP contribution is -2.26. The van der Waals surface area contributed by atoms with Crippen LogP contribution in [0.25, 0.3) is 302 Å². The molecule has 0 spiro atoms. The molecule has 0 saturated heterocycles. The van der Waals surface area contributed by atoms with E-state index in [0.29, 0.717) is 0 Å². The third-order valence-corrected chi connectivity index (χ3v) is 23.2. The van der Waals surface area contributed by atoms with Crippen molar-refractivity contribution in [2.45, 2.75) is 12.3 Å². The highest BCUT2D eigenvalue weighted by Gasteiger charge is 2.60. The molecule has 246 valence electrons. The maximum absolute atomic E-state index is 2.79. The highest BCUT2D eigenvalue weighted by molar-refractivity contribution is 6.83. The molecule has 0 nitrogen and oxygen atoms in total. The summed E-state index contributed by atoms with van der Waals surface area (Å²) in [5.74, 6) is 0. The number of hydrogen-bond acceptors (Lipinski definition) is 0. The predicted molar refractivity (Wildman–Crippen MR) is 262 cm³/mol. The summed E-state index contributed by atoms with van der Waals surface area (Å²) in [6.45, 7) is 2.79. The lowest BCUT2D eigenvalue weighted by molar-refractivity contribution is 0.743. The Morgan fingerprint density at radius 2 is 0.295 bits per heavy atom. The van der Waals surface area contributed by atoms with Crippen LogP contribution in [0.3, 0.4) is 0 Å². The molecule has 0 aromatic heterocycles. The molecule has 0 aliphatic heterocycles.